The molecule has 2 aromatic rings. The van der Waals surface area contributed by atoms with Crippen molar-refractivity contribution in [3.8, 4) is 0 Å². The highest BCUT2D eigenvalue weighted by Crippen LogP contribution is 2.27. The Morgan fingerprint density at radius 2 is 1.72 bits per heavy atom. The van der Waals surface area contributed by atoms with Gasteiger partial charge in [-0.15, -0.1) is 0 Å². The van der Waals surface area contributed by atoms with Gasteiger partial charge in [-0.3, -0.25) is 4.79 Å². The molecule has 4 nitrogen and oxygen atoms in total. The number of carbonyl (C=O) groups excluding carboxylic acids is 2. The average Bonchev–Trinajstić information content (AvgIpc) is 2.52. The van der Waals surface area contributed by atoms with Crippen molar-refractivity contribution in [2.45, 2.75) is 13.8 Å². The van der Waals surface area contributed by atoms with Crippen LogP contribution in [0, 0.1) is 19.7 Å². The molecule has 0 bridgehead atoms. The molecule has 2 aromatic carbocycles. The van der Waals surface area contributed by atoms with Crippen LogP contribution >= 0.6 is 34.8 Å². The van der Waals surface area contributed by atoms with E-state index in [1.54, 1.807) is 13.0 Å². The van der Waals surface area contributed by atoms with Gasteiger partial charge in [-0.2, -0.15) is 0 Å². The first-order valence-corrected chi connectivity index (χ1v) is 8.20. The van der Waals surface area contributed by atoms with E-state index in [0.29, 0.717) is 10.7 Å². The average molecular weight is 405 g/mol. The Kier molecular flexibility index (Phi) is 6.27. The summed E-state index contributed by atoms with van der Waals surface area (Å²) in [4.78, 5) is 23.9. The van der Waals surface area contributed by atoms with Crippen molar-refractivity contribution in [1.29, 1.82) is 0 Å². The van der Waals surface area contributed by atoms with Crippen molar-refractivity contribution < 1.29 is 18.7 Å². The fourth-order valence-corrected chi connectivity index (χ4v) is 2.97. The van der Waals surface area contributed by atoms with Crippen LogP contribution in [0.15, 0.2) is 24.3 Å². The minimum absolute atomic E-state index is 0.0748. The zero-order chi connectivity index (χ0) is 18.7. The van der Waals surface area contributed by atoms with Gasteiger partial charge in [-0.25, -0.2) is 9.18 Å². The van der Waals surface area contributed by atoms with E-state index >= 15 is 0 Å². The number of benzene rings is 2. The first-order valence-electron chi connectivity index (χ1n) is 7.07. The quantitative estimate of drug-likeness (QED) is 0.563. The van der Waals surface area contributed by atoms with Gasteiger partial charge in [0.25, 0.3) is 5.91 Å². The maximum Gasteiger partial charge on any atom is 0.340 e. The molecule has 0 aliphatic heterocycles. The summed E-state index contributed by atoms with van der Waals surface area (Å²) < 4.78 is 18.3. The summed E-state index contributed by atoms with van der Waals surface area (Å²) in [7, 11) is 0. The fraction of sp³-hybridized carbons (Fsp3) is 0.176. The number of halogens is 4. The van der Waals surface area contributed by atoms with Gasteiger partial charge in [0.2, 0.25) is 0 Å². The summed E-state index contributed by atoms with van der Waals surface area (Å²) in [5.41, 5.74) is 1.93. The van der Waals surface area contributed by atoms with Crippen LogP contribution in [0.25, 0.3) is 0 Å². The van der Waals surface area contributed by atoms with Crippen LogP contribution in [0.4, 0.5) is 10.1 Å². The molecule has 1 amide bonds. The van der Waals surface area contributed by atoms with Crippen LogP contribution in [-0.4, -0.2) is 18.5 Å². The Balaban J connectivity index is 2.03. The van der Waals surface area contributed by atoms with E-state index in [4.69, 9.17) is 39.5 Å². The minimum atomic E-state index is -0.942. The zero-order valence-corrected chi connectivity index (χ0v) is 15.5. The number of carbonyl (C=O) groups is 2. The number of anilines is 1. The molecule has 0 unspecified atom stereocenters. The lowest BCUT2D eigenvalue weighted by Gasteiger charge is -2.12. The smallest absolute Gasteiger partial charge is 0.340 e. The molecule has 0 heterocycles. The van der Waals surface area contributed by atoms with Crippen LogP contribution in [0.5, 0.6) is 0 Å². The summed E-state index contributed by atoms with van der Waals surface area (Å²) in [6.07, 6.45) is 0. The number of nitrogens with one attached hydrogen (secondary N) is 1. The number of amides is 1. The number of hydrogen-bond donors (Lipinski definition) is 1. The van der Waals surface area contributed by atoms with Crippen molar-refractivity contribution in [2.75, 3.05) is 11.9 Å². The van der Waals surface area contributed by atoms with Gasteiger partial charge in [0.1, 0.15) is 5.82 Å². The number of aryl methyl sites for hydroxylation is 2. The summed E-state index contributed by atoms with van der Waals surface area (Å²) in [6, 6.07) is 5.49. The van der Waals surface area contributed by atoms with E-state index in [1.807, 2.05) is 13.0 Å². The lowest BCUT2D eigenvalue weighted by molar-refractivity contribution is -0.119. The van der Waals surface area contributed by atoms with Crippen molar-refractivity contribution in [1.82, 2.24) is 0 Å². The van der Waals surface area contributed by atoms with E-state index in [1.165, 1.54) is 0 Å². The Morgan fingerprint density at radius 3 is 2.36 bits per heavy atom. The van der Waals surface area contributed by atoms with Crippen LogP contribution < -0.4 is 5.32 Å². The van der Waals surface area contributed by atoms with Crippen molar-refractivity contribution in [3.63, 3.8) is 0 Å². The van der Waals surface area contributed by atoms with Crippen molar-refractivity contribution in [2.24, 2.45) is 0 Å². The molecule has 0 radical (unpaired) electrons. The molecule has 25 heavy (non-hydrogen) atoms. The van der Waals surface area contributed by atoms with Crippen LogP contribution in [-0.2, 0) is 9.53 Å². The summed E-state index contributed by atoms with van der Waals surface area (Å²) in [5, 5.41) is 2.65. The zero-order valence-electron chi connectivity index (χ0n) is 13.3. The Morgan fingerprint density at radius 1 is 1.04 bits per heavy atom. The second kappa shape index (κ2) is 8.04. The van der Waals surface area contributed by atoms with E-state index in [9.17, 15) is 14.0 Å². The van der Waals surface area contributed by atoms with Gasteiger partial charge in [0.05, 0.1) is 26.3 Å². The first-order chi connectivity index (χ1) is 11.7. The van der Waals surface area contributed by atoms with Crippen LogP contribution in [0.1, 0.15) is 21.5 Å². The summed E-state index contributed by atoms with van der Waals surface area (Å²) in [5.74, 6) is -2.35. The topological polar surface area (TPSA) is 55.4 Å². The van der Waals surface area contributed by atoms with Gasteiger partial charge in [0, 0.05) is 0 Å². The third kappa shape index (κ3) is 4.84. The molecule has 1 N–H and O–H groups in total. The number of rotatable bonds is 4. The molecule has 0 atom stereocenters. The second-order valence-corrected chi connectivity index (χ2v) is 6.53. The molecule has 132 valence electrons. The van der Waals surface area contributed by atoms with Gasteiger partial charge in [0.15, 0.2) is 6.61 Å². The molecular weight excluding hydrogens is 392 g/mol. The van der Waals surface area contributed by atoms with E-state index in [-0.39, 0.29) is 15.6 Å². The highest BCUT2D eigenvalue weighted by molar-refractivity contribution is 6.36. The normalized spacial score (nSPS) is 10.5. The molecule has 0 aromatic heterocycles. The van der Waals surface area contributed by atoms with E-state index < -0.39 is 24.3 Å². The molecule has 0 saturated carbocycles. The molecule has 0 aliphatic rings. The maximum atomic E-state index is 13.4. The van der Waals surface area contributed by atoms with Gasteiger partial charge >= 0.3 is 5.97 Å². The predicted molar refractivity (Wildman–Crippen MR) is 96.3 cm³/mol. The highest BCUT2D eigenvalue weighted by atomic mass is 35.5. The predicted octanol–water partition coefficient (Wildman–Crippen LogP) is 5.20. The van der Waals surface area contributed by atoms with Gasteiger partial charge < -0.3 is 10.1 Å². The minimum Gasteiger partial charge on any atom is -0.452 e. The first kappa shape index (κ1) is 19.5. The number of ether oxygens (including phenoxy) is 1. The van der Waals surface area contributed by atoms with E-state index in [2.05, 4.69) is 5.32 Å². The molecule has 0 fully saturated rings. The maximum absolute atomic E-state index is 13.4. The number of hydrogen-bond acceptors (Lipinski definition) is 3. The number of esters is 1. The fourth-order valence-electron chi connectivity index (χ4n) is 2.14. The van der Waals surface area contributed by atoms with Gasteiger partial charge in [-0.05, 0) is 43.2 Å². The van der Waals surface area contributed by atoms with Crippen molar-refractivity contribution in [3.05, 3.63) is 61.8 Å². The third-order valence-electron chi connectivity index (χ3n) is 3.26. The molecule has 2 rings (SSSR count). The lowest BCUT2D eigenvalue weighted by atomic mass is 10.1. The SMILES string of the molecule is Cc1cc(C)c(NC(=O)COC(=O)c2cc(F)c(Cl)cc2Cl)c(Cl)c1. The Bertz CT molecular complexity index is 832. The largest absolute Gasteiger partial charge is 0.452 e. The van der Waals surface area contributed by atoms with E-state index in [0.717, 1.165) is 23.3 Å². The Labute approximate surface area is 158 Å². The van der Waals surface area contributed by atoms with Gasteiger partial charge in [-0.1, -0.05) is 40.9 Å². The standard InChI is InChI=1S/C17H13Cl3FNO3/c1-8-3-9(2)16(13(20)4-8)22-15(23)7-25-17(24)10-5-14(21)12(19)6-11(10)18/h3-6H,7H2,1-2H3,(H,22,23). The third-order valence-corrected chi connectivity index (χ3v) is 4.16. The second-order valence-electron chi connectivity index (χ2n) is 5.31. The molecule has 0 saturated heterocycles. The molecule has 0 spiro atoms. The molecule has 8 heteroatoms. The monoisotopic (exact) mass is 403 g/mol. The lowest BCUT2D eigenvalue weighted by Crippen LogP contribution is -2.21. The summed E-state index contributed by atoms with van der Waals surface area (Å²) >= 11 is 17.5. The highest BCUT2D eigenvalue weighted by Gasteiger charge is 2.17. The Hall–Kier alpha value is -1.82. The molecular formula is C17H13Cl3FNO3. The summed E-state index contributed by atoms with van der Waals surface area (Å²) in [6.45, 7) is 3.08. The van der Waals surface area contributed by atoms with Crippen molar-refractivity contribution >= 4 is 52.4 Å². The van der Waals surface area contributed by atoms with Crippen LogP contribution in [0.3, 0.4) is 0 Å². The molecule has 0 aliphatic carbocycles. The van der Waals surface area contributed by atoms with Crippen LogP contribution in [0.2, 0.25) is 15.1 Å².